The van der Waals surface area contributed by atoms with E-state index in [2.05, 4.69) is 42.4 Å². The molecule has 0 radical (unpaired) electrons. The summed E-state index contributed by atoms with van der Waals surface area (Å²) in [5.74, 6) is 0.979. The summed E-state index contributed by atoms with van der Waals surface area (Å²) in [5, 5.41) is 4.02. The zero-order valence-corrected chi connectivity index (χ0v) is 23.6. The van der Waals surface area contributed by atoms with E-state index in [1.165, 1.54) is 39.7 Å². The van der Waals surface area contributed by atoms with Crippen molar-refractivity contribution < 1.29 is 38.0 Å². The maximum atomic E-state index is 13.1. The van der Waals surface area contributed by atoms with Crippen LogP contribution in [0.5, 0.6) is 34.5 Å². The maximum absolute atomic E-state index is 13.1. The van der Waals surface area contributed by atoms with Crippen LogP contribution in [-0.4, -0.2) is 52.1 Å². The lowest BCUT2D eigenvalue weighted by molar-refractivity contribution is -0.130. The topological polar surface area (TPSA) is 114 Å². The van der Waals surface area contributed by atoms with Crippen molar-refractivity contribution in [2.24, 2.45) is 5.10 Å². The molecule has 1 aliphatic heterocycles. The molecule has 0 bridgehead atoms. The molecule has 38 heavy (non-hydrogen) atoms. The molecule has 1 aliphatic rings. The molecule has 10 nitrogen and oxygen atoms in total. The Balaban J connectivity index is 1.52. The minimum absolute atomic E-state index is 0.0401. The molecule has 0 aromatic heterocycles. The monoisotopic (exact) mass is 648 g/mol. The molecule has 1 amide bonds. The second kappa shape index (κ2) is 12.2. The molecule has 12 heteroatoms. The molecule has 1 N–H and O–H groups in total. The molecule has 1 atom stereocenters. The van der Waals surface area contributed by atoms with Crippen LogP contribution in [0.4, 0.5) is 0 Å². The summed E-state index contributed by atoms with van der Waals surface area (Å²) in [4.78, 5) is 25.7. The van der Waals surface area contributed by atoms with Crippen molar-refractivity contribution in [2.75, 3.05) is 27.9 Å². The van der Waals surface area contributed by atoms with E-state index in [9.17, 15) is 9.59 Å². The number of esters is 1. The second-order valence-electron chi connectivity index (χ2n) is 7.71. The van der Waals surface area contributed by atoms with Crippen LogP contribution in [0.2, 0.25) is 0 Å². The van der Waals surface area contributed by atoms with Gasteiger partial charge in [-0.1, -0.05) is 28.1 Å². The van der Waals surface area contributed by atoms with Crippen LogP contribution in [0.15, 0.2) is 62.6 Å². The third-order valence-electron chi connectivity index (χ3n) is 5.31. The third-order valence-corrected chi connectivity index (χ3v) is 6.36. The number of hydrogen-bond acceptors (Lipinski definition) is 9. The van der Waals surface area contributed by atoms with E-state index in [0.717, 1.165) is 0 Å². The maximum Gasteiger partial charge on any atom is 0.343 e. The summed E-state index contributed by atoms with van der Waals surface area (Å²) in [6.45, 7) is 0.0401. The van der Waals surface area contributed by atoms with Gasteiger partial charge in [-0.3, -0.25) is 4.79 Å². The SMILES string of the molecule is COc1cc(C(=O)Oc2c(Br)cc(Br)cc2/C=N\NC(=O)C2COc3ccccc3O2)cc(OC)c1OC. The van der Waals surface area contributed by atoms with Crippen molar-refractivity contribution in [2.45, 2.75) is 6.10 Å². The van der Waals surface area contributed by atoms with E-state index in [1.807, 2.05) is 6.07 Å². The first-order chi connectivity index (χ1) is 18.3. The fourth-order valence-corrected chi connectivity index (χ4v) is 4.86. The van der Waals surface area contributed by atoms with Gasteiger partial charge < -0.3 is 28.4 Å². The van der Waals surface area contributed by atoms with Crippen LogP contribution in [0.25, 0.3) is 0 Å². The molecule has 1 heterocycles. The van der Waals surface area contributed by atoms with Gasteiger partial charge in [0.15, 0.2) is 28.7 Å². The number of carbonyl (C=O) groups excluding carboxylic acids is 2. The number of rotatable bonds is 8. The Kier molecular flexibility index (Phi) is 8.74. The van der Waals surface area contributed by atoms with E-state index < -0.39 is 18.0 Å². The highest BCUT2D eigenvalue weighted by atomic mass is 79.9. The molecular formula is C26H22Br2N2O8. The number of hydrazone groups is 1. The number of methoxy groups -OCH3 is 3. The van der Waals surface area contributed by atoms with Gasteiger partial charge in [-0.25, -0.2) is 10.2 Å². The molecule has 0 fully saturated rings. The van der Waals surface area contributed by atoms with Gasteiger partial charge in [0.2, 0.25) is 11.9 Å². The zero-order chi connectivity index (χ0) is 27.2. The quantitative estimate of drug-likeness (QED) is 0.161. The normalized spacial score (nSPS) is 14.1. The molecule has 4 rings (SSSR count). The Labute approximate surface area is 235 Å². The summed E-state index contributed by atoms with van der Waals surface area (Å²) < 4.78 is 34.1. The summed E-state index contributed by atoms with van der Waals surface area (Å²) in [6.07, 6.45) is 0.469. The molecule has 0 spiro atoms. The third kappa shape index (κ3) is 6.03. The number of nitrogens with zero attached hydrogens (tertiary/aromatic N) is 1. The first-order valence-electron chi connectivity index (χ1n) is 11.1. The van der Waals surface area contributed by atoms with Gasteiger partial charge in [-0.2, -0.15) is 5.10 Å². The van der Waals surface area contributed by atoms with E-state index in [-0.39, 0.29) is 17.9 Å². The lowest BCUT2D eigenvalue weighted by Gasteiger charge is -2.24. The number of ether oxygens (including phenoxy) is 6. The Morgan fingerprint density at radius 2 is 1.66 bits per heavy atom. The highest BCUT2D eigenvalue weighted by Gasteiger charge is 2.27. The van der Waals surface area contributed by atoms with Crippen LogP contribution in [-0.2, 0) is 4.79 Å². The van der Waals surface area contributed by atoms with Crippen molar-refractivity contribution in [1.82, 2.24) is 5.43 Å². The van der Waals surface area contributed by atoms with Gasteiger partial charge in [0.25, 0.3) is 5.91 Å². The van der Waals surface area contributed by atoms with Gasteiger partial charge in [0.05, 0.1) is 37.6 Å². The second-order valence-corrected chi connectivity index (χ2v) is 9.48. The number of amides is 1. The number of fused-ring (bicyclic) bond motifs is 1. The first-order valence-corrected chi connectivity index (χ1v) is 12.7. The van der Waals surface area contributed by atoms with E-state index in [0.29, 0.717) is 43.3 Å². The van der Waals surface area contributed by atoms with Crippen molar-refractivity contribution in [3.8, 4) is 34.5 Å². The van der Waals surface area contributed by atoms with E-state index in [4.69, 9.17) is 28.4 Å². The summed E-state index contributed by atoms with van der Waals surface area (Å²) in [7, 11) is 4.36. The Bertz CT molecular complexity index is 1370. The van der Waals surface area contributed by atoms with Gasteiger partial charge in [0, 0.05) is 10.0 Å². The number of halogens is 2. The number of benzene rings is 3. The molecule has 3 aromatic rings. The molecule has 198 valence electrons. The van der Waals surface area contributed by atoms with Crippen molar-refractivity contribution >= 4 is 50.0 Å². The molecule has 0 saturated carbocycles. The van der Waals surface area contributed by atoms with Gasteiger partial charge in [-0.15, -0.1) is 0 Å². The average molecular weight is 650 g/mol. The molecular weight excluding hydrogens is 628 g/mol. The summed E-state index contributed by atoms with van der Waals surface area (Å²) >= 11 is 6.82. The minimum Gasteiger partial charge on any atom is -0.493 e. The van der Waals surface area contributed by atoms with E-state index in [1.54, 1.807) is 30.3 Å². The fourth-order valence-electron chi connectivity index (χ4n) is 3.52. The van der Waals surface area contributed by atoms with Crippen LogP contribution in [0.1, 0.15) is 15.9 Å². The number of hydrogen-bond donors (Lipinski definition) is 1. The van der Waals surface area contributed by atoms with Gasteiger partial charge >= 0.3 is 5.97 Å². The van der Waals surface area contributed by atoms with Gasteiger partial charge in [-0.05, 0) is 52.3 Å². The number of carbonyl (C=O) groups is 2. The van der Waals surface area contributed by atoms with Crippen LogP contribution in [0.3, 0.4) is 0 Å². The predicted molar refractivity (Wildman–Crippen MR) is 145 cm³/mol. The zero-order valence-electron chi connectivity index (χ0n) is 20.4. The van der Waals surface area contributed by atoms with E-state index >= 15 is 0 Å². The fraction of sp³-hybridized carbons (Fsp3) is 0.192. The molecule has 0 aliphatic carbocycles. The lowest BCUT2D eigenvalue weighted by Crippen LogP contribution is -2.42. The Morgan fingerprint density at radius 3 is 2.32 bits per heavy atom. The van der Waals surface area contributed by atoms with Crippen molar-refractivity contribution in [3.05, 3.63) is 68.6 Å². The average Bonchev–Trinajstić information content (AvgIpc) is 2.93. The number of nitrogens with one attached hydrogen (secondary N) is 1. The highest BCUT2D eigenvalue weighted by Crippen LogP contribution is 2.39. The van der Waals surface area contributed by atoms with Gasteiger partial charge in [0.1, 0.15) is 6.61 Å². The minimum atomic E-state index is -0.881. The molecule has 0 saturated heterocycles. The van der Waals surface area contributed by atoms with Crippen molar-refractivity contribution in [1.29, 1.82) is 0 Å². The first kappa shape index (κ1) is 27.3. The lowest BCUT2D eigenvalue weighted by atomic mass is 10.1. The number of para-hydroxylation sites is 2. The predicted octanol–water partition coefficient (Wildman–Crippen LogP) is 4.75. The highest BCUT2D eigenvalue weighted by molar-refractivity contribution is 9.11. The molecule has 3 aromatic carbocycles. The Morgan fingerprint density at radius 1 is 0.974 bits per heavy atom. The standard InChI is InChI=1S/C26H22Br2N2O8/c1-33-20-9-14(10-21(34-2)24(20)35-3)26(32)38-23-15(8-16(27)11-17(23)28)12-29-30-25(31)22-13-36-18-6-4-5-7-19(18)37-22/h4-12,22H,13H2,1-3H3,(H,30,31)/b29-12-. The van der Waals surface area contributed by atoms with Crippen LogP contribution >= 0.6 is 31.9 Å². The van der Waals surface area contributed by atoms with Crippen molar-refractivity contribution in [3.63, 3.8) is 0 Å². The molecule has 1 unspecified atom stereocenters. The summed E-state index contributed by atoms with van der Waals surface area (Å²) in [5.41, 5.74) is 3.00. The Hall–Kier alpha value is -3.77. The van der Waals surface area contributed by atoms with Crippen LogP contribution in [0, 0.1) is 0 Å². The summed E-state index contributed by atoms with van der Waals surface area (Å²) in [6, 6.07) is 13.4. The largest absolute Gasteiger partial charge is 0.493 e. The smallest absolute Gasteiger partial charge is 0.343 e. The van der Waals surface area contributed by atoms with Crippen LogP contribution < -0.4 is 33.8 Å².